The summed E-state index contributed by atoms with van der Waals surface area (Å²) in [5.74, 6) is -0.487. The Hall–Kier alpha value is -3.21. The van der Waals surface area contributed by atoms with E-state index in [0.29, 0.717) is 24.2 Å². The van der Waals surface area contributed by atoms with Crippen LogP contribution in [0.5, 0.6) is 17.2 Å². The Labute approximate surface area is 180 Å². The first-order chi connectivity index (χ1) is 15.2. The predicted molar refractivity (Wildman–Crippen MR) is 103 cm³/mol. The highest BCUT2D eigenvalue weighted by Crippen LogP contribution is 2.43. The Morgan fingerprint density at radius 2 is 1.88 bits per heavy atom. The lowest BCUT2D eigenvalue weighted by Crippen LogP contribution is -2.34. The van der Waals surface area contributed by atoms with Gasteiger partial charge in [-0.05, 0) is 36.4 Å². The summed E-state index contributed by atoms with van der Waals surface area (Å²) in [4.78, 5) is 13.5. The van der Waals surface area contributed by atoms with Gasteiger partial charge in [0.1, 0.15) is 11.9 Å². The Morgan fingerprint density at radius 3 is 2.56 bits per heavy atom. The number of carbonyl (C=O) groups is 1. The van der Waals surface area contributed by atoms with Crippen molar-refractivity contribution in [2.75, 3.05) is 25.2 Å². The van der Waals surface area contributed by atoms with Gasteiger partial charge in [0.05, 0.1) is 31.9 Å². The summed E-state index contributed by atoms with van der Waals surface area (Å²) >= 11 is 0. The van der Waals surface area contributed by atoms with Crippen molar-refractivity contribution in [3.8, 4) is 17.2 Å². The van der Waals surface area contributed by atoms with Gasteiger partial charge < -0.3 is 28.6 Å². The van der Waals surface area contributed by atoms with Crippen LogP contribution < -0.4 is 19.1 Å². The van der Waals surface area contributed by atoms with E-state index in [1.54, 1.807) is 24.3 Å². The number of anilines is 1. The highest BCUT2D eigenvalue weighted by Gasteiger charge is 2.43. The molecule has 0 N–H and O–H groups in total. The summed E-state index contributed by atoms with van der Waals surface area (Å²) in [5, 5.41) is 0. The first kappa shape index (κ1) is 22.0. The molecule has 0 spiro atoms. The van der Waals surface area contributed by atoms with Crippen LogP contribution in [0.2, 0.25) is 0 Å². The van der Waals surface area contributed by atoms with Crippen molar-refractivity contribution in [3.63, 3.8) is 0 Å². The number of carbonyl (C=O) groups excluding carboxylic acids is 1. The standard InChI is InChI=1S/C21H19F4NO6/c1-28-19(27)12-2-4-13(5-3-12)26-10-16(8-14(26)11-29-20(22)23)30-15-6-7-17-18(9-15)32-21(24,25)31-17/h2-7,9,14,16,20H,8,10-11H2,1H3/t14-,16-/m0/s1. The molecule has 1 fully saturated rings. The Morgan fingerprint density at radius 1 is 1.16 bits per heavy atom. The number of methoxy groups -OCH3 is 1. The molecule has 1 saturated heterocycles. The third-order valence-corrected chi connectivity index (χ3v) is 5.09. The second-order valence-corrected chi connectivity index (χ2v) is 7.19. The van der Waals surface area contributed by atoms with E-state index in [-0.39, 0.29) is 23.9 Å². The Kier molecular flexibility index (Phi) is 6.00. The summed E-state index contributed by atoms with van der Waals surface area (Å²) in [7, 11) is 1.27. The molecule has 32 heavy (non-hydrogen) atoms. The molecular weight excluding hydrogens is 438 g/mol. The summed E-state index contributed by atoms with van der Waals surface area (Å²) < 4.78 is 75.6. The molecule has 0 aliphatic carbocycles. The van der Waals surface area contributed by atoms with Gasteiger partial charge in [0.15, 0.2) is 11.5 Å². The fourth-order valence-corrected chi connectivity index (χ4v) is 3.72. The van der Waals surface area contributed by atoms with Crippen LogP contribution in [-0.2, 0) is 9.47 Å². The van der Waals surface area contributed by atoms with Crippen LogP contribution in [0.15, 0.2) is 42.5 Å². The number of fused-ring (bicyclic) bond motifs is 1. The van der Waals surface area contributed by atoms with E-state index in [2.05, 4.69) is 18.9 Å². The maximum Gasteiger partial charge on any atom is 0.586 e. The number of rotatable bonds is 7. The molecule has 2 aromatic rings. The molecule has 0 saturated carbocycles. The van der Waals surface area contributed by atoms with Gasteiger partial charge in [-0.1, -0.05) is 0 Å². The highest BCUT2D eigenvalue weighted by atomic mass is 19.3. The molecule has 0 amide bonds. The number of benzene rings is 2. The number of ether oxygens (including phenoxy) is 5. The van der Waals surface area contributed by atoms with Crippen molar-refractivity contribution in [1.29, 1.82) is 0 Å². The van der Waals surface area contributed by atoms with E-state index in [1.807, 2.05) is 4.90 Å². The van der Waals surface area contributed by atoms with Crippen LogP contribution in [0.1, 0.15) is 16.8 Å². The molecule has 0 radical (unpaired) electrons. The van der Waals surface area contributed by atoms with Crippen molar-refractivity contribution in [3.05, 3.63) is 48.0 Å². The van der Waals surface area contributed by atoms with E-state index in [4.69, 9.17) is 4.74 Å². The van der Waals surface area contributed by atoms with Gasteiger partial charge in [0.25, 0.3) is 0 Å². The number of esters is 1. The van der Waals surface area contributed by atoms with Gasteiger partial charge in [-0.3, -0.25) is 0 Å². The average Bonchev–Trinajstić information content (AvgIpc) is 3.30. The van der Waals surface area contributed by atoms with Crippen molar-refractivity contribution in [2.45, 2.75) is 31.5 Å². The van der Waals surface area contributed by atoms with Crippen molar-refractivity contribution < 1.29 is 46.0 Å². The fraction of sp³-hybridized carbons (Fsp3) is 0.381. The molecule has 7 nitrogen and oxygen atoms in total. The van der Waals surface area contributed by atoms with Crippen LogP contribution in [0.3, 0.4) is 0 Å². The van der Waals surface area contributed by atoms with E-state index in [1.165, 1.54) is 25.3 Å². The zero-order valence-corrected chi connectivity index (χ0v) is 16.8. The van der Waals surface area contributed by atoms with Gasteiger partial charge in [0, 0.05) is 18.2 Å². The summed E-state index contributed by atoms with van der Waals surface area (Å²) in [5.41, 5.74) is 1.03. The van der Waals surface area contributed by atoms with Gasteiger partial charge in [0.2, 0.25) is 0 Å². The SMILES string of the molecule is COC(=O)c1ccc(N2C[C@@H](Oc3ccc4c(c3)OC(F)(F)O4)C[C@H]2COC(F)F)cc1. The molecule has 2 aliphatic rings. The number of hydrogen-bond acceptors (Lipinski definition) is 7. The van der Waals surface area contributed by atoms with Gasteiger partial charge >= 0.3 is 18.9 Å². The van der Waals surface area contributed by atoms with Gasteiger partial charge in [-0.25, -0.2) is 4.79 Å². The van der Waals surface area contributed by atoms with Crippen molar-refractivity contribution in [1.82, 2.24) is 0 Å². The maximum absolute atomic E-state index is 13.2. The van der Waals surface area contributed by atoms with Gasteiger partial charge in [-0.2, -0.15) is 8.78 Å². The molecule has 2 aromatic carbocycles. The third-order valence-electron chi connectivity index (χ3n) is 5.09. The second-order valence-electron chi connectivity index (χ2n) is 7.19. The highest BCUT2D eigenvalue weighted by molar-refractivity contribution is 5.89. The fourth-order valence-electron chi connectivity index (χ4n) is 3.72. The first-order valence-corrected chi connectivity index (χ1v) is 9.65. The van der Waals surface area contributed by atoms with Crippen molar-refractivity contribution in [2.24, 2.45) is 0 Å². The lowest BCUT2D eigenvalue weighted by Gasteiger charge is -2.26. The summed E-state index contributed by atoms with van der Waals surface area (Å²) in [6.45, 7) is -2.85. The number of alkyl halides is 4. The topological polar surface area (TPSA) is 66.5 Å². The smallest absolute Gasteiger partial charge is 0.488 e. The molecule has 2 aliphatic heterocycles. The molecule has 2 heterocycles. The first-order valence-electron chi connectivity index (χ1n) is 9.65. The zero-order chi connectivity index (χ0) is 22.9. The van der Waals surface area contributed by atoms with E-state index in [9.17, 15) is 22.4 Å². The van der Waals surface area contributed by atoms with E-state index in [0.717, 1.165) is 0 Å². The minimum atomic E-state index is -3.74. The molecule has 11 heteroatoms. The largest absolute Gasteiger partial charge is 0.586 e. The van der Waals surface area contributed by atoms with Crippen LogP contribution in [-0.4, -0.2) is 51.3 Å². The lowest BCUT2D eigenvalue weighted by molar-refractivity contribution is -0.286. The van der Waals surface area contributed by atoms with Crippen molar-refractivity contribution >= 4 is 11.7 Å². The average molecular weight is 457 g/mol. The van der Waals surface area contributed by atoms with Crippen LogP contribution in [0, 0.1) is 0 Å². The maximum atomic E-state index is 13.2. The molecule has 172 valence electrons. The van der Waals surface area contributed by atoms with Crippen LogP contribution >= 0.6 is 0 Å². The lowest BCUT2D eigenvalue weighted by atomic mass is 10.1. The minimum absolute atomic E-state index is 0.107. The second kappa shape index (κ2) is 8.73. The van der Waals surface area contributed by atoms with Gasteiger partial charge in [-0.15, -0.1) is 8.78 Å². The predicted octanol–water partition coefficient (Wildman–Crippen LogP) is 4.06. The third kappa shape index (κ3) is 4.82. The van der Waals surface area contributed by atoms with Crippen LogP contribution in [0.25, 0.3) is 0 Å². The quantitative estimate of drug-likeness (QED) is 0.459. The molecule has 2 atom stereocenters. The molecule has 0 aromatic heterocycles. The Balaban J connectivity index is 1.48. The van der Waals surface area contributed by atoms with Crippen LogP contribution in [0.4, 0.5) is 23.2 Å². The summed E-state index contributed by atoms with van der Waals surface area (Å²) in [6.07, 6.45) is -3.84. The number of halogens is 4. The Bertz CT molecular complexity index is 971. The molecule has 4 rings (SSSR count). The number of hydrogen-bond donors (Lipinski definition) is 0. The molecule has 0 bridgehead atoms. The monoisotopic (exact) mass is 457 g/mol. The number of nitrogens with zero attached hydrogens (tertiary/aromatic N) is 1. The molecular formula is C21H19F4NO6. The molecule has 0 unspecified atom stereocenters. The zero-order valence-electron chi connectivity index (χ0n) is 16.8. The van der Waals surface area contributed by atoms with E-state index < -0.39 is 31.0 Å². The normalized spacial score (nSPS) is 21.1. The van der Waals surface area contributed by atoms with E-state index >= 15 is 0 Å². The minimum Gasteiger partial charge on any atom is -0.488 e. The summed E-state index contributed by atoms with van der Waals surface area (Å²) in [6, 6.07) is 10.1.